The van der Waals surface area contributed by atoms with Gasteiger partial charge in [-0.15, -0.1) is 0 Å². The van der Waals surface area contributed by atoms with Gasteiger partial charge in [0.25, 0.3) is 0 Å². The molecule has 0 fully saturated rings. The quantitative estimate of drug-likeness (QED) is 0.249. The highest BCUT2D eigenvalue weighted by molar-refractivity contribution is 5.75. The van der Waals surface area contributed by atoms with Crippen LogP contribution < -0.4 is 4.74 Å². The van der Waals surface area contributed by atoms with Crippen molar-refractivity contribution < 1.29 is 34.8 Å². The Hall–Kier alpha value is -4.78. The molecule has 0 aliphatic rings. The monoisotopic (exact) mass is 504 g/mol. The summed E-state index contributed by atoms with van der Waals surface area (Å²) in [6.07, 6.45) is 1.94. The van der Waals surface area contributed by atoms with E-state index < -0.39 is 0 Å². The average Bonchev–Trinajstić information content (AvgIpc) is 2.91. The minimum Gasteiger partial charge on any atom is -0.508 e. The van der Waals surface area contributed by atoms with E-state index in [1.807, 2.05) is 12.1 Å². The number of benzene rings is 4. The minimum atomic E-state index is 0.124. The lowest BCUT2D eigenvalue weighted by atomic mass is 10.1. The van der Waals surface area contributed by atoms with Gasteiger partial charge in [0, 0.05) is 12.0 Å². The second kappa shape index (κ2) is 17.6. The number of ketones is 1. The first-order valence-electron chi connectivity index (χ1n) is 11.3. The van der Waals surface area contributed by atoms with Crippen LogP contribution in [-0.4, -0.2) is 39.6 Å². The molecule has 0 heterocycles. The summed E-state index contributed by atoms with van der Waals surface area (Å²) in [5, 5.41) is 35.3. The lowest BCUT2D eigenvalue weighted by Gasteiger charge is -2.05. The van der Waals surface area contributed by atoms with Crippen LogP contribution in [0.4, 0.5) is 0 Å². The Morgan fingerprint density at radius 3 is 1.59 bits per heavy atom. The number of rotatable bonds is 5. The maximum Gasteiger partial charge on any atom is 0.160 e. The molecule has 0 aliphatic heterocycles. The van der Waals surface area contributed by atoms with Crippen molar-refractivity contribution in [2.24, 2.45) is 0 Å². The van der Waals surface area contributed by atoms with Crippen molar-refractivity contribution in [1.29, 1.82) is 0 Å². The highest BCUT2D eigenvalue weighted by atomic mass is 16.5. The third-order valence-corrected chi connectivity index (χ3v) is 4.55. The number of hydrogen-bond acceptors (Lipinski definition) is 7. The van der Waals surface area contributed by atoms with Crippen LogP contribution in [0.1, 0.15) is 29.3 Å². The molecule has 0 unspecified atom stereocenters. The van der Waals surface area contributed by atoms with E-state index >= 15 is 0 Å². The maximum atomic E-state index is 10.8. The van der Waals surface area contributed by atoms with Gasteiger partial charge >= 0.3 is 0 Å². The topological polar surface area (TPSA) is 124 Å². The van der Waals surface area contributed by atoms with Gasteiger partial charge in [-0.05, 0) is 79.6 Å². The van der Waals surface area contributed by atoms with Crippen molar-refractivity contribution in [2.45, 2.75) is 19.8 Å². The highest BCUT2D eigenvalue weighted by Crippen LogP contribution is 2.26. The predicted octanol–water partition coefficient (Wildman–Crippen LogP) is 5.91. The van der Waals surface area contributed by atoms with Gasteiger partial charge in [0.1, 0.15) is 29.3 Å². The number of phenolic OH excluding ortho intramolecular Hbond substituents is 4. The number of Topliss-reactive ketones (excluding diaryl/α,β-unsaturated/α-hetero) is 1. The number of aryl methyl sites for hydroxylation is 1. The van der Waals surface area contributed by atoms with Gasteiger partial charge in [0.05, 0.1) is 7.11 Å². The van der Waals surface area contributed by atoms with E-state index in [4.69, 9.17) is 20.1 Å². The molecule has 7 nitrogen and oxygen atoms in total. The van der Waals surface area contributed by atoms with Crippen molar-refractivity contribution in [1.82, 2.24) is 0 Å². The molecule has 4 aromatic carbocycles. The molecule has 0 saturated heterocycles. The molecule has 4 rings (SSSR count). The number of carbonyl (C=O) groups excluding carboxylic acids is 2. The fourth-order valence-corrected chi connectivity index (χ4v) is 2.61. The molecule has 0 aromatic heterocycles. The Kier molecular flexibility index (Phi) is 14.4. The molecule has 4 aromatic rings. The summed E-state index contributed by atoms with van der Waals surface area (Å²) in [7, 11) is 1.50. The van der Waals surface area contributed by atoms with E-state index in [1.165, 1.54) is 19.2 Å². The van der Waals surface area contributed by atoms with Crippen molar-refractivity contribution in [2.75, 3.05) is 7.11 Å². The van der Waals surface area contributed by atoms with Crippen molar-refractivity contribution in [3.05, 3.63) is 114 Å². The number of methoxy groups -OCH3 is 1. The smallest absolute Gasteiger partial charge is 0.160 e. The van der Waals surface area contributed by atoms with Gasteiger partial charge < -0.3 is 30.0 Å². The van der Waals surface area contributed by atoms with Crippen molar-refractivity contribution in [3.63, 3.8) is 0 Å². The fourth-order valence-electron chi connectivity index (χ4n) is 2.61. The van der Waals surface area contributed by atoms with Gasteiger partial charge in [-0.2, -0.15) is 0 Å². The molecule has 37 heavy (non-hydrogen) atoms. The molecule has 0 amide bonds. The highest BCUT2D eigenvalue weighted by Gasteiger charge is 2.03. The first kappa shape index (κ1) is 30.3. The summed E-state index contributed by atoms with van der Waals surface area (Å²) >= 11 is 0. The number of hydrogen-bond donors (Lipinski definition) is 4. The first-order chi connectivity index (χ1) is 17.7. The van der Waals surface area contributed by atoms with Crippen molar-refractivity contribution >= 4 is 12.1 Å². The van der Waals surface area contributed by atoms with Gasteiger partial charge in [0.15, 0.2) is 11.5 Å². The van der Waals surface area contributed by atoms with E-state index in [9.17, 15) is 14.7 Å². The summed E-state index contributed by atoms with van der Waals surface area (Å²) in [5.41, 5.74) is 1.57. The largest absolute Gasteiger partial charge is 0.508 e. The normalized spacial score (nSPS) is 9.14. The summed E-state index contributed by atoms with van der Waals surface area (Å²) in [5.74, 6) is 1.56. The van der Waals surface area contributed by atoms with E-state index in [0.717, 1.165) is 11.8 Å². The number of aromatic hydroxyl groups is 4. The number of para-hydroxylation sites is 2. The van der Waals surface area contributed by atoms with Crippen LogP contribution in [-0.2, 0) is 11.2 Å². The number of phenols is 4. The van der Waals surface area contributed by atoms with Gasteiger partial charge in [-0.1, -0.05) is 42.5 Å². The zero-order chi connectivity index (χ0) is 27.5. The van der Waals surface area contributed by atoms with E-state index in [-0.39, 0.29) is 17.3 Å². The molecular formula is C30H32O7. The maximum absolute atomic E-state index is 10.8. The van der Waals surface area contributed by atoms with Gasteiger partial charge in [-0.3, -0.25) is 4.79 Å². The molecule has 0 spiro atoms. The standard InChI is InChI=1S/C11H14O3.C7H6O2.2C6H6O/c1-8(12)3-4-9-5-6-10(13)11(7-9)14-2;8-5-6-1-3-7(9)4-2-6;2*7-6-4-2-1-3-5-6/h5-7,13H,3-4H2,1-2H3;1-5,9H;2*1-5,7H. The Bertz CT molecular complexity index is 1140. The van der Waals surface area contributed by atoms with Gasteiger partial charge in [-0.25, -0.2) is 0 Å². The van der Waals surface area contributed by atoms with Crippen LogP contribution in [0, 0.1) is 0 Å². The van der Waals surface area contributed by atoms with Crippen LogP contribution in [0.15, 0.2) is 103 Å². The molecule has 0 atom stereocenters. The van der Waals surface area contributed by atoms with E-state index in [2.05, 4.69) is 0 Å². The van der Waals surface area contributed by atoms with E-state index in [0.29, 0.717) is 35.7 Å². The second-order valence-electron chi connectivity index (χ2n) is 7.59. The van der Waals surface area contributed by atoms with Gasteiger partial charge in [0.2, 0.25) is 0 Å². The number of ether oxygens (including phenoxy) is 1. The molecular weight excluding hydrogens is 472 g/mol. The Morgan fingerprint density at radius 1 is 0.730 bits per heavy atom. The Labute approximate surface area is 216 Å². The summed E-state index contributed by atoms with van der Waals surface area (Å²) in [6, 6.07) is 28.6. The van der Waals surface area contributed by atoms with E-state index in [1.54, 1.807) is 85.8 Å². The summed E-state index contributed by atoms with van der Waals surface area (Å²) < 4.78 is 4.96. The lowest BCUT2D eigenvalue weighted by Crippen LogP contribution is -1.94. The lowest BCUT2D eigenvalue weighted by molar-refractivity contribution is -0.116. The van der Waals surface area contributed by atoms with Crippen LogP contribution >= 0.6 is 0 Å². The van der Waals surface area contributed by atoms with Crippen LogP contribution in [0.3, 0.4) is 0 Å². The predicted molar refractivity (Wildman–Crippen MR) is 143 cm³/mol. The Balaban J connectivity index is 0.000000258. The minimum absolute atomic E-state index is 0.124. The molecule has 0 saturated carbocycles. The summed E-state index contributed by atoms with van der Waals surface area (Å²) in [4.78, 5) is 20.8. The molecule has 0 radical (unpaired) electrons. The fraction of sp³-hybridized carbons (Fsp3) is 0.133. The van der Waals surface area contributed by atoms with Crippen LogP contribution in [0.5, 0.6) is 28.7 Å². The third kappa shape index (κ3) is 14.3. The molecule has 7 heteroatoms. The Morgan fingerprint density at radius 2 is 1.22 bits per heavy atom. The number of aldehydes is 1. The average molecular weight is 505 g/mol. The summed E-state index contributed by atoms with van der Waals surface area (Å²) in [6.45, 7) is 1.57. The number of carbonyl (C=O) groups is 2. The second-order valence-corrected chi connectivity index (χ2v) is 7.59. The SMILES string of the molecule is COc1cc(CCC(C)=O)ccc1O.O=Cc1ccc(O)cc1.Oc1ccccc1.Oc1ccccc1. The first-order valence-corrected chi connectivity index (χ1v) is 11.3. The molecule has 0 bridgehead atoms. The molecule has 194 valence electrons. The van der Waals surface area contributed by atoms with Crippen molar-refractivity contribution in [3.8, 4) is 28.7 Å². The van der Waals surface area contributed by atoms with Crippen LogP contribution in [0.2, 0.25) is 0 Å². The molecule has 4 N–H and O–H groups in total. The van der Waals surface area contributed by atoms with Crippen LogP contribution in [0.25, 0.3) is 0 Å². The molecule has 0 aliphatic carbocycles. The zero-order valence-corrected chi connectivity index (χ0v) is 20.8. The third-order valence-electron chi connectivity index (χ3n) is 4.55. The zero-order valence-electron chi connectivity index (χ0n) is 20.8.